The minimum atomic E-state index is -5.49. The summed E-state index contributed by atoms with van der Waals surface area (Å²) in [5, 5.41) is 1.98. The second kappa shape index (κ2) is 5.81. The number of hydrogen-bond donors (Lipinski definition) is 1. The highest BCUT2D eigenvalue weighted by atomic mass is 19.4. The predicted octanol–water partition coefficient (Wildman–Crippen LogP) is 2.49. The third-order valence-corrected chi connectivity index (χ3v) is 2.53. The van der Waals surface area contributed by atoms with E-state index >= 15 is 0 Å². The van der Waals surface area contributed by atoms with Crippen molar-refractivity contribution in [3.05, 3.63) is 18.1 Å². The van der Waals surface area contributed by atoms with Crippen molar-refractivity contribution >= 4 is 0 Å². The summed E-state index contributed by atoms with van der Waals surface area (Å²) in [6.45, 7) is 0. The van der Waals surface area contributed by atoms with Crippen LogP contribution in [-0.4, -0.2) is 36.5 Å². The van der Waals surface area contributed by atoms with Crippen molar-refractivity contribution in [1.29, 1.82) is 0 Å². The fourth-order valence-electron chi connectivity index (χ4n) is 1.73. The Bertz CT molecular complexity index is 433. The van der Waals surface area contributed by atoms with Crippen molar-refractivity contribution in [2.45, 2.75) is 18.4 Å². The van der Waals surface area contributed by atoms with Gasteiger partial charge in [-0.15, -0.1) is 0 Å². The Morgan fingerprint density at radius 3 is 1.95 bits per heavy atom. The van der Waals surface area contributed by atoms with Gasteiger partial charge in [-0.2, -0.15) is 26.3 Å². The average molecular weight is 303 g/mol. The molecule has 1 atom stereocenters. The molecule has 114 valence electrons. The molecule has 10 heteroatoms. The Labute approximate surface area is 110 Å². The number of methoxy groups -OCH3 is 1. The van der Waals surface area contributed by atoms with Crippen LogP contribution in [0.25, 0.3) is 0 Å². The van der Waals surface area contributed by atoms with Crippen LogP contribution in [0.15, 0.2) is 12.4 Å². The first kappa shape index (κ1) is 16.5. The highest BCUT2D eigenvalue weighted by Gasteiger charge is 2.61. The van der Waals surface area contributed by atoms with Gasteiger partial charge in [0.1, 0.15) is 5.69 Å². The molecule has 0 aliphatic heterocycles. The Kier molecular flexibility index (Phi) is 4.79. The molecule has 1 aromatic rings. The third kappa shape index (κ3) is 3.50. The van der Waals surface area contributed by atoms with Crippen molar-refractivity contribution in [3.63, 3.8) is 0 Å². The largest absolute Gasteiger partial charge is 0.480 e. The fourth-order valence-corrected chi connectivity index (χ4v) is 1.73. The Hall–Kier alpha value is -1.58. The summed E-state index contributed by atoms with van der Waals surface area (Å²) in [5.41, 5.74) is -0.558. The van der Waals surface area contributed by atoms with Gasteiger partial charge >= 0.3 is 12.4 Å². The van der Waals surface area contributed by atoms with Crippen LogP contribution in [0.3, 0.4) is 0 Å². The third-order valence-electron chi connectivity index (χ3n) is 2.53. The van der Waals surface area contributed by atoms with Crippen molar-refractivity contribution in [2.75, 3.05) is 14.2 Å². The number of nitrogens with one attached hydrogen (secondary N) is 1. The van der Waals surface area contributed by atoms with Gasteiger partial charge in [0.25, 0.3) is 0 Å². The summed E-state index contributed by atoms with van der Waals surface area (Å²) in [4.78, 5) is 7.07. The highest BCUT2D eigenvalue weighted by molar-refractivity contribution is 5.23. The van der Waals surface area contributed by atoms with E-state index in [1.807, 2.05) is 5.32 Å². The normalized spacial score (nSPS) is 14.4. The highest BCUT2D eigenvalue weighted by Crippen LogP contribution is 2.46. The maximum atomic E-state index is 12.7. The van der Waals surface area contributed by atoms with E-state index in [9.17, 15) is 26.3 Å². The van der Waals surface area contributed by atoms with E-state index in [4.69, 9.17) is 0 Å². The zero-order valence-corrected chi connectivity index (χ0v) is 10.4. The van der Waals surface area contributed by atoms with Crippen LogP contribution in [-0.2, 0) is 0 Å². The lowest BCUT2D eigenvalue weighted by molar-refractivity contribution is -0.292. The lowest BCUT2D eigenvalue weighted by Crippen LogP contribution is -2.45. The first-order chi connectivity index (χ1) is 9.12. The monoisotopic (exact) mass is 303 g/mol. The maximum absolute atomic E-state index is 12.7. The predicted molar refractivity (Wildman–Crippen MR) is 56.0 cm³/mol. The van der Waals surface area contributed by atoms with E-state index in [1.54, 1.807) is 0 Å². The number of hydrogen-bond acceptors (Lipinski definition) is 4. The van der Waals surface area contributed by atoms with Crippen molar-refractivity contribution < 1.29 is 31.1 Å². The smallest absolute Gasteiger partial charge is 0.402 e. The van der Waals surface area contributed by atoms with E-state index in [2.05, 4.69) is 14.7 Å². The first-order valence-corrected chi connectivity index (χ1v) is 5.28. The molecule has 0 spiro atoms. The van der Waals surface area contributed by atoms with Crippen LogP contribution >= 0.6 is 0 Å². The fraction of sp³-hybridized carbons (Fsp3) is 0.600. The molecule has 1 unspecified atom stereocenters. The summed E-state index contributed by atoms with van der Waals surface area (Å²) in [6.07, 6.45) is -8.89. The summed E-state index contributed by atoms with van der Waals surface area (Å²) in [5.74, 6) is -4.02. The number of rotatable bonds is 4. The van der Waals surface area contributed by atoms with Gasteiger partial charge in [-0.3, -0.25) is 4.98 Å². The van der Waals surface area contributed by atoms with Gasteiger partial charge < -0.3 is 10.1 Å². The van der Waals surface area contributed by atoms with Gasteiger partial charge in [0.05, 0.1) is 13.2 Å². The van der Waals surface area contributed by atoms with Crippen LogP contribution in [0.2, 0.25) is 0 Å². The zero-order chi connectivity index (χ0) is 15.6. The quantitative estimate of drug-likeness (QED) is 0.868. The van der Waals surface area contributed by atoms with Gasteiger partial charge in [0.15, 0.2) is 5.92 Å². The van der Waals surface area contributed by atoms with Gasteiger partial charge in [0, 0.05) is 12.4 Å². The Morgan fingerprint density at radius 1 is 1.05 bits per heavy atom. The maximum Gasteiger partial charge on any atom is 0.402 e. The van der Waals surface area contributed by atoms with Gasteiger partial charge in [-0.1, -0.05) is 0 Å². The number of halogens is 6. The molecular formula is C10H11F6N3O. The summed E-state index contributed by atoms with van der Waals surface area (Å²) in [7, 11) is 2.06. The summed E-state index contributed by atoms with van der Waals surface area (Å²) < 4.78 is 81.0. The van der Waals surface area contributed by atoms with Crippen LogP contribution in [0.1, 0.15) is 11.7 Å². The molecule has 0 aromatic carbocycles. The lowest BCUT2D eigenvalue weighted by atomic mass is 9.95. The molecule has 0 fully saturated rings. The van der Waals surface area contributed by atoms with E-state index < -0.39 is 35.9 Å². The van der Waals surface area contributed by atoms with Crippen molar-refractivity contribution in [3.8, 4) is 5.88 Å². The molecule has 1 aromatic heterocycles. The standard InChI is InChI=1S/C10H11F6N3O/c1-17-5(6-8(20-2)19-4-3-18-6)7(9(11,12)13)10(14,15)16/h3-5,7,17H,1-2H3. The average Bonchev–Trinajstić information content (AvgIpc) is 2.32. The molecule has 1 N–H and O–H groups in total. The molecular weight excluding hydrogens is 292 g/mol. The topological polar surface area (TPSA) is 47.0 Å². The van der Waals surface area contributed by atoms with Gasteiger partial charge in [-0.25, -0.2) is 4.98 Å². The number of alkyl halides is 6. The first-order valence-electron chi connectivity index (χ1n) is 5.28. The van der Waals surface area contributed by atoms with E-state index in [1.165, 1.54) is 0 Å². The minimum Gasteiger partial charge on any atom is -0.480 e. The molecule has 0 saturated carbocycles. The van der Waals surface area contributed by atoms with E-state index in [0.717, 1.165) is 26.6 Å². The van der Waals surface area contributed by atoms with Crippen LogP contribution < -0.4 is 10.1 Å². The molecule has 4 nitrogen and oxygen atoms in total. The zero-order valence-electron chi connectivity index (χ0n) is 10.4. The van der Waals surface area contributed by atoms with Crippen LogP contribution in [0.4, 0.5) is 26.3 Å². The summed E-state index contributed by atoms with van der Waals surface area (Å²) in [6, 6.07) is -2.15. The minimum absolute atomic E-state index is 0.398. The number of aromatic nitrogens is 2. The van der Waals surface area contributed by atoms with Crippen molar-refractivity contribution in [1.82, 2.24) is 15.3 Å². The Balaban J connectivity index is 3.35. The molecule has 0 aliphatic carbocycles. The summed E-state index contributed by atoms with van der Waals surface area (Å²) >= 11 is 0. The van der Waals surface area contributed by atoms with Crippen LogP contribution in [0.5, 0.6) is 5.88 Å². The molecule has 0 aliphatic rings. The lowest BCUT2D eigenvalue weighted by Gasteiger charge is -2.30. The Morgan fingerprint density at radius 2 is 1.55 bits per heavy atom. The molecule has 0 saturated heterocycles. The second-order valence-corrected chi connectivity index (χ2v) is 3.78. The van der Waals surface area contributed by atoms with Gasteiger partial charge in [-0.05, 0) is 7.05 Å². The molecule has 0 radical (unpaired) electrons. The number of nitrogens with zero attached hydrogens (tertiary/aromatic N) is 2. The number of ether oxygens (including phenoxy) is 1. The molecule has 0 amide bonds. The molecule has 1 heterocycles. The van der Waals surface area contributed by atoms with E-state index in [0.29, 0.717) is 0 Å². The second-order valence-electron chi connectivity index (χ2n) is 3.78. The van der Waals surface area contributed by atoms with Gasteiger partial charge in [0.2, 0.25) is 5.88 Å². The SMILES string of the molecule is CNC(c1nccnc1OC)C(C(F)(F)F)C(F)(F)F. The molecule has 0 bridgehead atoms. The van der Waals surface area contributed by atoms with Crippen LogP contribution in [0, 0.1) is 5.92 Å². The molecule has 1 rings (SSSR count). The van der Waals surface area contributed by atoms with Crippen molar-refractivity contribution in [2.24, 2.45) is 5.92 Å². The molecule has 20 heavy (non-hydrogen) atoms. The van der Waals surface area contributed by atoms with E-state index in [-0.39, 0.29) is 0 Å².